The Kier molecular flexibility index (Phi) is 6.06. The molecule has 0 N–H and O–H groups in total. The zero-order chi connectivity index (χ0) is 18.7. The van der Waals surface area contributed by atoms with Gasteiger partial charge in [-0.05, 0) is 57.5 Å². The Hall–Kier alpha value is -1.36. The van der Waals surface area contributed by atoms with E-state index in [1.54, 1.807) is 0 Å². The highest BCUT2D eigenvalue weighted by Gasteiger charge is 2.44. The molecule has 1 aromatic heterocycles. The standard InChI is InChI=1S/C21H35N3O2/c1-16(2)7-13-23-11-5-8-21(10-14-23)9-6-12-24(21)20(25)18-15-19(17(3)4)26-22-18/h15-17H,5-14H2,1-4H3. The van der Waals surface area contributed by atoms with Crippen LogP contribution < -0.4 is 0 Å². The summed E-state index contributed by atoms with van der Waals surface area (Å²) in [5.74, 6) is 1.86. The van der Waals surface area contributed by atoms with Gasteiger partial charge in [-0.2, -0.15) is 0 Å². The fourth-order valence-electron chi connectivity index (χ4n) is 4.47. The molecule has 1 amide bonds. The number of aromatic nitrogens is 1. The van der Waals surface area contributed by atoms with E-state index in [9.17, 15) is 4.79 Å². The van der Waals surface area contributed by atoms with E-state index in [2.05, 4.69) is 42.7 Å². The number of rotatable bonds is 5. The van der Waals surface area contributed by atoms with Crippen molar-refractivity contribution >= 4 is 5.91 Å². The third kappa shape index (κ3) is 4.13. The molecule has 5 heteroatoms. The molecule has 1 spiro atoms. The molecule has 0 aliphatic carbocycles. The number of hydrogen-bond donors (Lipinski definition) is 0. The molecule has 26 heavy (non-hydrogen) atoms. The number of amides is 1. The SMILES string of the molecule is CC(C)CCN1CCCC2(CCCN2C(=O)c2cc(C(C)C)on2)CC1. The third-order valence-electron chi connectivity index (χ3n) is 6.19. The van der Waals surface area contributed by atoms with Crippen LogP contribution in [0.2, 0.25) is 0 Å². The molecule has 0 radical (unpaired) electrons. The van der Waals surface area contributed by atoms with Crippen LogP contribution >= 0.6 is 0 Å². The number of carbonyl (C=O) groups excluding carboxylic acids is 1. The minimum atomic E-state index is 0.0284. The van der Waals surface area contributed by atoms with E-state index >= 15 is 0 Å². The molecule has 3 rings (SSSR count). The molecule has 0 saturated carbocycles. The van der Waals surface area contributed by atoms with Crippen molar-refractivity contribution in [1.29, 1.82) is 0 Å². The van der Waals surface area contributed by atoms with Gasteiger partial charge in [0.25, 0.3) is 5.91 Å². The Morgan fingerprint density at radius 2 is 1.88 bits per heavy atom. The maximum absolute atomic E-state index is 13.2. The summed E-state index contributed by atoms with van der Waals surface area (Å²) in [7, 11) is 0. The number of carbonyl (C=O) groups is 1. The van der Waals surface area contributed by atoms with Crippen molar-refractivity contribution in [3.63, 3.8) is 0 Å². The fraction of sp³-hybridized carbons (Fsp3) is 0.810. The van der Waals surface area contributed by atoms with E-state index in [0.29, 0.717) is 5.69 Å². The van der Waals surface area contributed by atoms with E-state index in [-0.39, 0.29) is 17.4 Å². The Bertz CT molecular complexity index is 610. The van der Waals surface area contributed by atoms with Crippen molar-refractivity contribution in [2.45, 2.75) is 77.7 Å². The fourth-order valence-corrected chi connectivity index (χ4v) is 4.47. The summed E-state index contributed by atoms with van der Waals surface area (Å²) in [6.07, 6.45) is 6.88. The summed E-state index contributed by atoms with van der Waals surface area (Å²) in [6, 6.07) is 1.84. The molecule has 1 atom stereocenters. The highest BCUT2D eigenvalue weighted by molar-refractivity contribution is 5.93. The Morgan fingerprint density at radius 3 is 2.54 bits per heavy atom. The number of hydrogen-bond acceptors (Lipinski definition) is 4. The zero-order valence-corrected chi connectivity index (χ0v) is 17.0. The summed E-state index contributed by atoms with van der Waals surface area (Å²) in [5.41, 5.74) is 0.511. The summed E-state index contributed by atoms with van der Waals surface area (Å²) in [4.78, 5) is 17.9. The van der Waals surface area contributed by atoms with Crippen molar-refractivity contribution < 1.29 is 9.32 Å². The molecule has 0 aromatic carbocycles. The highest BCUT2D eigenvalue weighted by atomic mass is 16.5. The lowest BCUT2D eigenvalue weighted by Gasteiger charge is -2.37. The van der Waals surface area contributed by atoms with E-state index in [1.165, 1.54) is 19.4 Å². The lowest BCUT2D eigenvalue weighted by molar-refractivity contribution is 0.0547. The van der Waals surface area contributed by atoms with Crippen LogP contribution in [0.15, 0.2) is 10.6 Å². The van der Waals surface area contributed by atoms with Gasteiger partial charge >= 0.3 is 0 Å². The first-order valence-electron chi connectivity index (χ1n) is 10.4. The molecule has 2 saturated heterocycles. The van der Waals surface area contributed by atoms with Crippen LogP contribution in [0, 0.1) is 5.92 Å². The summed E-state index contributed by atoms with van der Waals surface area (Å²) in [5, 5.41) is 4.07. The second-order valence-electron chi connectivity index (χ2n) is 8.93. The van der Waals surface area contributed by atoms with Crippen molar-refractivity contribution in [3.05, 3.63) is 17.5 Å². The lowest BCUT2D eigenvalue weighted by atomic mass is 9.87. The monoisotopic (exact) mass is 361 g/mol. The molecular weight excluding hydrogens is 326 g/mol. The second kappa shape index (κ2) is 8.12. The maximum Gasteiger partial charge on any atom is 0.276 e. The normalized spacial score (nSPS) is 24.8. The van der Waals surface area contributed by atoms with E-state index in [0.717, 1.165) is 57.0 Å². The largest absolute Gasteiger partial charge is 0.360 e. The lowest BCUT2D eigenvalue weighted by Crippen LogP contribution is -2.48. The molecule has 2 fully saturated rings. The van der Waals surface area contributed by atoms with Gasteiger partial charge in [-0.25, -0.2) is 0 Å². The third-order valence-corrected chi connectivity index (χ3v) is 6.19. The van der Waals surface area contributed by atoms with Gasteiger partial charge in [-0.15, -0.1) is 0 Å². The Balaban J connectivity index is 1.69. The quantitative estimate of drug-likeness (QED) is 0.784. The number of likely N-dealkylation sites (tertiary alicyclic amines) is 2. The van der Waals surface area contributed by atoms with Crippen molar-refractivity contribution in [3.8, 4) is 0 Å². The van der Waals surface area contributed by atoms with Crippen LogP contribution in [0.5, 0.6) is 0 Å². The molecule has 2 aliphatic heterocycles. The van der Waals surface area contributed by atoms with Crippen LogP contribution in [0.1, 0.15) is 88.4 Å². The smallest absolute Gasteiger partial charge is 0.276 e. The first kappa shape index (κ1) is 19.4. The van der Waals surface area contributed by atoms with E-state index in [1.807, 2.05) is 6.07 Å². The second-order valence-corrected chi connectivity index (χ2v) is 8.93. The van der Waals surface area contributed by atoms with Crippen LogP contribution in [-0.2, 0) is 0 Å². The molecule has 1 aromatic rings. The zero-order valence-electron chi connectivity index (χ0n) is 17.0. The Morgan fingerprint density at radius 1 is 1.15 bits per heavy atom. The maximum atomic E-state index is 13.2. The average Bonchev–Trinajstić information content (AvgIpc) is 3.18. The summed E-state index contributed by atoms with van der Waals surface area (Å²) >= 11 is 0. The van der Waals surface area contributed by atoms with Crippen LogP contribution in [0.25, 0.3) is 0 Å². The minimum Gasteiger partial charge on any atom is -0.360 e. The molecule has 146 valence electrons. The van der Waals surface area contributed by atoms with E-state index in [4.69, 9.17) is 4.52 Å². The van der Waals surface area contributed by atoms with Gasteiger partial charge in [0.15, 0.2) is 5.69 Å². The van der Waals surface area contributed by atoms with Crippen LogP contribution in [0.3, 0.4) is 0 Å². The molecule has 2 aliphatic rings. The topological polar surface area (TPSA) is 49.6 Å². The first-order chi connectivity index (χ1) is 12.4. The average molecular weight is 362 g/mol. The van der Waals surface area contributed by atoms with Gasteiger partial charge in [-0.3, -0.25) is 4.79 Å². The predicted molar refractivity (Wildman–Crippen MR) is 103 cm³/mol. The Labute approximate surface area is 158 Å². The first-order valence-corrected chi connectivity index (χ1v) is 10.4. The van der Waals surface area contributed by atoms with Crippen LogP contribution in [0.4, 0.5) is 0 Å². The molecule has 0 bridgehead atoms. The van der Waals surface area contributed by atoms with Gasteiger partial charge in [-0.1, -0.05) is 32.9 Å². The highest BCUT2D eigenvalue weighted by Crippen LogP contribution is 2.39. The van der Waals surface area contributed by atoms with E-state index < -0.39 is 0 Å². The van der Waals surface area contributed by atoms with Crippen LogP contribution in [-0.4, -0.2) is 52.6 Å². The molecule has 1 unspecified atom stereocenters. The van der Waals surface area contributed by atoms with Crippen molar-refractivity contribution in [1.82, 2.24) is 15.0 Å². The summed E-state index contributed by atoms with van der Waals surface area (Å²) in [6.45, 7) is 13.0. The predicted octanol–water partition coefficient (Wildman–Crippen LogP) is 4.30. The molecular formula is C21H35N3O2. The van der Waals surface area contributed by atoms with Crippen molar-refractivity contribution in [2.24, 2.45) is 5.92 Å². The minimum absolute atomic E-state index is 0.0284. The van der Waals surface area contributed by atoms with Gasteiger partial charge in [0, 0.05) is 30.6 Å². The van der Waals surface area contributed by atoms with Crippen molar-refractivity contribution in [2.75, 3.05) is 26.2 Å². The molecule has 3 heterocycles. The van der Waals surface area contributed by atoms with Gasteiger partial charge in [0.2, 0.25) is 0 Å². The van der Waals surface area contributed by atoms with Gasteiger partial charge < -0.3 is 14.3 Å². The number of nitrogens with zero attached hydrogens (tertiary/aromatic N) is 3. The molecule has 5 nitrogen and oxygen atoms in total. The van der Waals surface area contributed by atoms with Gasteiger partial charge in [0.1, 0.15) is 5.76 Å². The van der Waals surface area contributed by atoms with Gasteiger partial charge in [0.05, 0.1) is 0 Å². The summed E-state index contributed by atoms with van der Waals surface area (Å²) < 4.78 is 5.37.